The molecule has 2 fully saturated rings. The number of piperazine rings is 1. The largest absolute Gasteiger partial charge is 0.305 e. The Balaban J connectivity index is 1.70. The van der Waals surface area contributed by atoms with Crippen LogP contribution in [-0.4, -0.2) is 74.2 Å². The Morgan fingerprint density at radius 2 is 1.64 bits per heavy atom. The molecule has 2 saturated heterocycles. The molecule has 0 aliphatic carbocycles. The standard InChI is InChI=1S/C10H22N4/c1-12-5-7-14(8-6-12)11-10-3-4-13(2)9-10/h10-11H,3-9H2,1-2H3. The fourth-order valence-electron chi connectivity index (χ4n) is 2.23. The highest BCUT2D eigenvalue weighted by Crippen LogP contribution is 2.07. The molecule has 0 aromatic heterocycles. The quantitative estimate of drug-likeness (QED) is 0.642. The van der Waals surface area contributed by atoms with Crippen LogP contribution < -0.4 is 5.43 Å². The van der Waals surface area contributed by atoms with Gasteiger partial charge in [-0.2, -0.15) is 0 Å². The Kier molecular flexibility index (Phi) is 3.38. The lowest BCUT2D eigenvalue weighted by Crippen LogP contribution is -2.54. The Morgan fingerprint density at radius 1 is 0.929 bits per heavy atom. The predicted octanol–water partition coefficient (Wildman–Crippen LogP) is -0.557. The molecule has 0 saturated carbocycles. The van der Waals surface area contributed by atoms with E-state index >= 15 is 0 Å². The van der Waals surface area contributed by atoms with E-state index < -0.39 is 0 Å². The molecular formula is C10H22N4. The molecule has 0 spiro atoms. The molecule has 82 valence electrons. The van der Waals surface area contributed by atoms with Gasteiger partial charge in [0.2, 0.25) is 0 Å². The van der Waals surface area contributed by atoms with Crippen LogP contribution in [0.2, 0.25) is 0 Å². The lowest BCUT2D eigenvalue weighted by molar-refractivity contribution is 0.0883. The topological polar surface area (TPSA) is 21.8 Å². The van der Waals surface area contributed by atoms with E-state index in [1.807, 2.05) is 0 Å². The highest BCUT2D eigenvalue weighted by molar-refractivity contribution is 4.79. The average Bonchev–Trinajstić information content (AvgIpc) is 2.56. The molecule has 14 heavy (non-hydrogen) atoms. The Bertz CT molecular complexity index is 177. The number of likely N-dealkylation sites (tertiary alicyclic amines) is 1. The van der Waals surface area contributed by atoms with E-state index in [9.17, 15) is 0 Å². The van der Waals surface area contributed by atoms with Gasteiger partial charge in [-0.25, -0.2) is 5.01 Å². The summed E-state index contributed by atoms with van der Waals surface area (Å²) in [5.41, 5.74) is 3.63. The average molecular weight is 198 g/mol. The molecular weight excluding hydrogens is 176 g/mol. The maximum absolute atomic E-state index is 3.63. The van der Waals surface area contributed by atoms with Crippen molar-refractivity contribution in [1.82, 2.24) is 20.2 Å². The first-order valence-electron chi connectivity index (χ1n) is 5.62. The molecule has 2 aliphatic heterocycles. The van der Waals surface area contributed by atoms with Gasteiger partial charge in [-0.15, -0.1) is 0 Å². The fraction of sp³-hybridized carbons (Fsp3) is 1.00. The molecule has 4 heteroatoms. The minimum atomic E-state index is 0.684. The summed E-state index contributed by atoms with van der Waals surface area (Å²) in [6.07, 6.45) is 1.29. The minimum Gasteiger partial charge on any atom is -0.305 e. The summed E-state index contributed by atoms with van der Waals surface area (Å²) in [5.74, 6) is 0. The molecule has 0 radical (unpaired) electrons. The van der Waals surface area contributed by atoms with E-state index in [2.05, 4.69) is 34.3 Å². The summed E-state index contributed by atoms with van der Waals surface area (Å²) in [6.45, 7) is 7.15. The zero-order chi connectivity index (χ0) is 9.97. The lowest BCUT2D eigenvalue weighted by Gasteiger charge is -2.34. The third kappa shape index (κ3) is 2.67. The van der Waals surface area contributed by atoms with Gasteiger partial charge in [-0.3, -0.25) is 5.43 Å². The number of hydrazine groups is 1. The minimum absolute atomic E-state index is 0.684. The van der Waals surface area contributed by atoms with Gasteiger partial charge in [0, 0.05) is 38.8 Å². The molecule has 4 nitrogen and oxygen atoms in total. The van der Waals surface area contributed by atoms with E-state index in [1.54, 1.807) is 0 Å². The van der Waals surface area contributed by atoms with E-state index in [0.717, 1.165) is 13.1 Å². The van der Waals surface area contributed by atoms with Gasteiger partial charge in [0.1, 0.15) is 0 Å². The Hall–Kier alpha value is -0.160. The second kappa shape index (κ2) is 4.57. The monoisotopic (exact) mass is 198 g/mol. The normalized spacial score (nSPS) is 32.6. The SMILES string of the molecule is CN1CCN(NC2CCN(C)C2)CC1. The number of hydrogen-bond acceptors (Lipinski definition) is 4. The second-order valence-corrected chi connectivity index (χ2v) is 4.67. The summed E-state index contributed by atoms with van der Waals surface area (Å²) in [5, 5.41) is 2.39. The van der Waals surface area contributed by atoms with Crippen LogP contribution >= 0.6 is 0 Å². The fourth-order valence-corrected chi connectivity index (χ4v) is 2.23. The van der Waals surface area contributed by atoms with Crippen molar-refractivity contribution < 1.29 is 0 Å². The van der Waals surface area contributed by atoms with Crippen molar-refractivity contribution in [1.29, 1.82) is 0 Å². The highest BCUT2D eigenvalue weighted by atomic mass is 15.5. The zero-order valence-corrected chi connectivity index (χ0v) is 9.37. The van der Waals surface area contributed by atoms with Crippen LogP contribution in [0.3, 0.4) is 0 Å². The Morgan fingerprint density at radius 3 is 2.21 bits per heavy atom. The van der Waals surface area contributed by atoms with E-state index in [0.29, 0.717) is 6.04 Å². The van der Waals surface area contributed by atoms with Crippen molar-refractivity contribution in [2.45, 2.75) is 12.5 Å². The van der Waals surface area contributed by atoms with Crippen molar-refractivity contribution in [2.24, 2.45) is 0 Å². The summed E-state index contributed by atoms with van der Waals surface area (Å²) in [4.78, 5) is 4.78. The maximum Gasteiger partial charge on any atom is 0.0354 e. The van der Waals surface area contributed by atoms with Crippen LogP contribution in [0.15, 0.2) is 0 Å². The van der Waals surface area contributed by atoms with Crippen LogP contribution in [0, 0.1) is 0 Å². The number of likely N-dealkylation sites (N-methyl/N-ethyl adjacent to an activating group) is 2. The van der Waals surface area contributed by atoms with E-state index in [1.165, 1.54) is 32.6 Å². The lowest BCUT2D eigenvalue weighted by atomic mass is 10.3. The molecule has 2 heterocycles. The van der Waals surface area contributed by atoms with Gasteiger partial charge in [0.15, 0.2) is 0 Å². The van der Waals surface area contributed by atoms with Gasteiger partial charge in [0.05, 0.1) is 0 Å². The molecule has 2 aliphatic rings. The molecule has 1 atom stereocenters. The molecule has 0 bridgehead atoms. The first-order valence-corrected chi connectivity index (χ1v) is 5.62. The van der Waals surface area contributed by atoms with Gasteiger partial charge in [-0.1, -0.05) is 0 Å². The van der Waals surface area contributed by atoms with Crippen molar-refractivity contribution in [3.05, 3.63) is 0 Å². The summed E-state index contributed by atoms with van der Waals surface area (Å²) >= 11 is 0. The van der Waals surface area contributed by atoms with Crippen molar-refractivity contribution in [3.63, 3.8) is 0 Å². The highest BCUT2D eigenvalue weighted by Gasteiger charge is 2.22. The van der Waals surface area contributed by atoms with Crippen molar-refractivity contribution in [3.8, 4) is 0 Å². The number of nitrogens with one attached hydrogen (secondary N) is 1. The number of rotatable bonds is 2. The maximum atomic E-state index is 3.63. The van der Waals surface area contributed by atoms with Crippen LogP contribution in [0.4, 0.5) is 0 Å². The van der Waals surface area contributed by atoms with Crippen LogP contribution in [0.1, 0.15) is 6.42 Å². The van der Waals surface area contributed by atoms with Crippen LogP contribution in [-0.2, 0) is 0 Å². The van der Waals surface area contributed by atoms with Crippen LogP contribution in [0.25, 0.3) is 0 Å². The van der Waals surface area contributed by atoms with Gasteiger partial charge in [-0.05, 0) is 27.1 Å². The summed E-state index contributed by atoms with van der Waals surface area (Å²) < 4.78 is 0. The molecule has 0 aromatic carbocycles. The van der Waals surface area contributed by atoms with Gasteiger partial charge in [0.25, 0.3) is 0 Å². The molecule has 0 aromatic rings. The molecule has 1 unspecified atom stereocenters. The first kappa shape index (κ1) is 10.4. The molecule has 2 rings (SSSR count). The summed E-state index contributed by atoms with van der Waals surface area (Å²) in [7, 11) is 4.40. The van der Waals surface area contributed by atoms with Gasteiger partial charge >= 0.3 is 0 Å². The third-order valence-corrected chi connectivity index (χ3v) is 3.26. The smallest absolute Gasteiger partial charge is 0.0354 e. The van der Waals surface area contributed by atoms with Crippen molar-refractivity contribution >= 4 is 0 Å². The summed E-state index contributed by atoms with van der Waals surface area (Å²) in [6, 6.07) is 0.684. The van der Waals surface area contributed by atoms with Gasteiger partial charge < -0.3 is 9.80 Å². The zero-order valence-electron chi connectivity index (χ0n) is 9.37. The second-order valence-electron chi connectivity index (χ2n) is 4.67. The first-order chi connectivity index (χ1) is 6.74. The van der Waals surface area contributed by atoms with Crippen molar-refractivity contribution in [2.75, 3.05) is 53.4 Å². The molecule has 0 amide bonds. The van der Waals surface area contributed by atoms with E-state index in [-0.39, 0.29) is 0 Å². The molecule has 1 N–H and O–H groups in total. The third-order valence-electron chi connectivity index (χ3n) is 3.26. The van der Waals surface area contributed by atoms with Crippen LogP contribution in [0.5, 0.6) is 0 Å². The van der Waals surface area contributed by atoms with E-state index in [4.69, 9.17) is 0 Å². The number of nitrogens with zero attached hydrogens (tertiary/aromatic N) is 3. The predicted molar refractivity (Wildman–Crippen MR) is 58.1 cm³/mol. The Labute approximate surface area is 86.8 Å². The number of hydrogen-bond donors (Lipinski definition) is 1.